The SMILES string of the molecule is CC12C=CC(=O)C=C1C(F)CC1C3CC4OC(c5ccc(Cc6ccc([NH3+])cc6)c(O)c5)OC4(C(=O)CO)C3(C)CC(O)C12F. The molecule has 1 aliphatic heterocycles. The van der Waals surface area contributed by atoms with E-state index < -0.39 is 76.8 Å². The van der Waals surface area contributed by atoms with Crippen molar-refractivity contribution in [2.24, 2.45) is 22.7 Å². The number of aromatic hydroxyl groups is 1. The second kappa shape index (κ2) is 10.1. The average molecular weight is 623 g/mol. The molecule has 10 atom stereocenters. The van der Waals surface area contributed by atoms with E-state index in [0.717, 1.165) is 17.3 Å². The van der Waals surface area contributed by atoms with E-state index >= 15 is 8.78 Å². The van der Waals surface area contributed by atoms with Crippen LogP contribution >= 0.6 is 0 Å². The number of ketones is 2. The smallest absolute Gasteiger partial charge is 0.193 e. The second-order valence-corrected chi connectivity index (χ2v) is 13.9. The minimum Gasteiger partial charge on any atom is -0.508 e. The highest BCUT2D eigenvalue weighted by atomic mass is 19.1. The van der Waals surface area contributed by atoms with Crippen LogP contribution in [0.15, 0.2) is 66.3 Å². The van der Waals surface area contributed by atoms with E-state index in [-0.39, 0.29) is 30.6 Å². The Morgan fingerprint density at radius 3 is 2.53 bits per heavy atom. The molecule has 3 saturated carbocycles. The molecule has 4 fully saturated rings. The first-order valence-corrected chi connectivity index (χ1v) is 15.4. The molecule has 8 nitrogen and oxygen atoms in total. The van der Waals surface area contributed by atoms with Gasteiger partial charge in [0.1, 0.15) is 24.2 Å². The van der Waals surface area contributed by atoms with Crippen LogP contribution in [0.1, 0.15) is 56.1 Å². The monoisotopic (exact) mass is 622 g/mol. The number of hydrogen-bond donors (Lipinski definition) is 4. The lowest BCUT2D eigenvalue weighted by Crippen LogP contribution is -2.70. The maximum Gasteiger partial charge on any atom is 0.193 e. The Kier molecular flexibility index (Phi) is 6.82. The molecular weight excluding hydrogens is 584 g/mol. The molecule has 10 heteroatoms. The van der Waals surface area contributed by atoms with Gasteiger partial charge < -0.3 is 30.5 Å². The van der Waals surface area contributed by atoms with Gasteiger partial charge >= 0.3 is 0 Å². The van der Waals surface area contributed by atoms with Gasteiger partial charge in [0.15, 0.2) is 29.1 Å². The fourth-order valence-electron chi connectivity index (χ4n) is 9.47. The number of aliphatic hydroxyl groups is 2. The highest BCUT2D eigenvalue weighted by Gasteiger charge is 2.80. The first-order valence-electron chi connectivity index (χ1n) is 15.4. The number of Topliss-reactive ketones (excluding diaryl/α,β-unsaturated/α-hetero) is 1. The number of quaternary nitrogens is 1. The van der Waals surface area contributed by atoms with Crippen LogP contribution in [0.3, 0.4) is 0 Å². The number of alkyl halides is 2. The molecule has 2 aromatic carbocycles. The first-order chi connectivity index (χ1) is 21.3. The Morgan fingerprint density at radius 2 is 1.84 bits per heavy atom. The molecule has 0 amide bonds. The topological polar surface area (TPSA) is 141 Å². The minimum atomic E-state index is -2.32. The standard InChI is InChI=1S/C35H37F2NO7/c1-32-10-9-22(40)13-25(32)26(36)14-24-23-15-30-35(29(43)17-39,33(23,2)16-28(42)34(24,32)37)45-31(44-30)20-6-5-19(27(41)12-20)11-18-3-7-21(38)8-4-18/h3-10,12-13,23-24,26,28,30-31,39,41-42H,11,14-17,38H2,1-2H3/p+1. The number of halogens is 2. The summed E-state index contributed by atoms with van der Waals surface area (Å²) in [5.74, 6) is -2.73. The Balaban J connectivity index is 1.22. The summed E-state index contributed by atoms with van der Waals surface area (Å²) >= 11 is 0. The maximum absolute atomic E-state index is 17.6. The number of benzene rings is 2. The largest absolute Gasteiger partial charge is 0.508 e. The Hall–Kier alpha value is -3.28. The molecule has 45 heavy (non-hydrogen) atoms. The molecule has 238 valence electrons. The molecule has 7 rings (SSSR count). The third-order valence-corrected chi connectivity index (χ3v) is 11.7. The highest BCUT2D eigenvalue weighted by Crippen LogP contribution is 2.72. The van der Waals surface area contributed by atoms with Crippen LogP contribution in [-0.2, 0) is 25.5 Å². The lowest BCUT2D eigenvalue weighted by Gasteiger charge is -2.63. The molecule has 1 heterocycles. The Labute approximate surface area is 259 Å². The van der Waals surface area contributed by atoms with Crippen LogP contribution in [0, 0.1) is 22.7 Å². The molecule has 1 saturated heterocycles. The van der Waals surface area contributed by atoms with Crippen molar-refractivity contribution >= 4 is 17.3 Å². The quantitative estimate of drug-likeness (QED) is 0.400. The van der Waals surface area contributed by atoms with Gasteiger partial charge in [-0.15, -0.1) is 0 Å². The summed E-state index contributed by atoms with van der Waals surface area (Å²) in [5, 5.41) is 32.7. The highest BCUT2D eigenvalue weighted by molar-refractivity contribution is 6.01. The first kappa shape index (κ1) is 30.4. The molecule has 0 radical (unpaired) electrons. The van der Waals surface area contributed by atoms with Crippen molar-refractivity contribution in [2.45, 2.75) is 75.5 Å². The lowest BCUT2D eigenvalue weighted by atomic mass is 9.44. The minimum absolute atomic E-state index is 0.0182. The van der Waals surface area contributed by atoms with Crippen molar-refractivity contribution in [2.75, 3.05) is 6.61 Å². The van der Waals surface area contributed by atoms with Gasteiger partial charge in [-0.25, -0.2) is 8.78 Å². The number of hydrogen-bond acceptors (Lipinski definition) is 7. The van der Waals surface area contributed by atoms with Crippen molar-refractivity contribution in [3.63, 3.8) is 0 Å². The molecular formula is C35H38F2NO7+. The van der Waals surface area contributed by atoms with Crippen LogP contribution in [0.5, 0.6) is 5.75 Å². The molecule has 2 aromatic rings. The number of rotatable bonds is 5. The number of phenolic OH excluding ortho intramolecular Hbond substituents is 1. The summed E-state index contributed by atoms with van der Waals surface area (Å²) in [7, 11) is 0. The van der Waals surface area contributed by atoms with Crippen LogP contribution in [0.4, 0.5) is 14.5 Å². The van der Waals surface area contributed by atoms with Crippen molar-refractivity contribution in [3.05, 3.63) is 83.0 Å². The van der Waals surface area contributed by atoms with Crippen molar-refractivity contribution in [1.82, 2.24) is 0 Å². The predicted molar refractivity (Wildman–Crippen MR) is 157 cm³/mol. The maximum atomic E-state index is 17.6. The van der Waals surface area contributed by atoms with Gasteiger partial charge in [0.05, 0.1) is 12.2 Å². The third-order valence-electron chi connectivity index (χ3n) is 11.7. The van der Waals surface area contributed by atoms with E-state index in [4.69, 9.17) is 9.47 Å². The van der Waals surface area contributed by atoms with E-state index in [1.807, 2.05) is 24.3 Å². The summed E-state index contributed by atoms with van der Waals surface area (Å²) in [6.45, 7) is 2.39. The molecule has 0 bridgehead atoms. The van der Waals surface area contributed by atoms with Crippen LogP contribution in [-0.4, -0.2) is 63.1 Å². The average Bonchev–Trinajstić information content (AvgIpc) is 3.51. The third kappa shape index (κ3) is 3.99. The number of aliphatic hydroxyl groups excluding tert-OH is 2. The van der Waals surface area contributed by atoms with Gasteiger partial charge in [-0.1, -0.05) is 37.3 Å². The molecule has 0 aromatic heterocycles. The van der Waals surface area contributed by atoms with Crippen LogP contribution in [0.25, 0.3) is 0 Å². The number of phenols is 1. The molecule has 0 spiro atoms. The van der Waals surface area contributed by atoms with Gasteiger partial charge in [0, 0.05) is 28.7 Å². The predicted octanol–water partition coefficient (Wildman–Crippen LogP) is 3.50. The van der Waals surface area contributed by atoms with Gasteiger partial charge in [-0.2, -0.15) is 0 Å². The molecule has 10 unspecified atom stereocenters. The van der Waals surface area contributed by atoms with Crippen molar-refractivity contribution in [1.29, 1.82) is 0 Å². The number of ether oxygens (including phenoxy) is 2. The molecule has 6 N–H and O–H groups in total. The number of carbonyl (C=O) groups excluding carboxylic acids is 2. The summed E-state index contributed by atoms with van der Waals surface area (Å²) in [6, 6.07) is 12.7. The van der Waals surface area contributed by atoms with Gasteiger partial charge in [-0.05, 0) is 79.2 Å². The number of allylic oxidation sites excluding steroid dienone is 4. The summed E-state index contributed by atoms with van der Waals surface area (Å²) < 4.78 is 46.2. The van der Waals surface area contributed by atoms with Crippen LogP contribution in [0.2, 0.25) is 0 Å². The van der Waals surface area contributed by atoms with Gasteiger partial charge in [0.25, 0.3) is 0 Å². The van der Waals surface area contributed by atoms with E-state index in [1.54, 1.807) is 19.1 Å². The molecule has 5 aliphatic rings. The fourth-order valence-corrected chi connectivity index (χ4v) is 9.47. The normalized spacial score (nSPS) is 41.6. The van der Waals surface area contributed by atoms with E-state index in [2.05, 4.69) is 5.73 Å². The second-order valence-electron chi connectivity index (χ2n) is 13.9. The number of carbonyl (C=O) groups is 2. The Bertz CT molecular complexity index is 1640. The summed E-state index contributed by atoms with van der Waals surface area (Å²) in [6.07, 6.45) is -1.39. The van der Waals surface area contributed by atoms with Crippen molar-refractivity contribution in [3.8, 4) is 5.75 Å². The Morgan fingerprint density at radius 1 is 1.11 bits per heavy atom. The zero-order valence-corrected chi connectivity index (χ0v) is 25.2. The van der Waals surface area contributed by atoms with Crippen molar-refractivity contribution < 1.29 is 48.9 Å². The van der Waals surface area contributed by atoms with Crippen LogP contribution < -0.4 is 5.73 Å². The fraction of sp³-hybridized carbons (Fsp3) is 0.486. The summed E-state index contributed by atoms with van der Waals surface area (Å²) in [4.78, 5) is 25.8. The lowest BCUT2D eigenvalue weighted by molar-refractivity contribution is -0.254. The number of fused-ring (bicyclic) bond motifs is 7. The van der Waals surface area contributed by atoms with Gasteiger partial charge in [-0.3, -0.25) is 9.59 Å². The summed E-state index contributed by atoms with van der Waals surface area (Å²) in [5.41, 5.74) is 0.0722. The van der Waals surface area contributed by atoms with E-state index in [1.165, 1.54) is 25.1 Å². The molecule has 4 aliphatic carbocycles. The van der Waals surface area contributed by atoms with E-state index in [0.29, 0.717) is 17.5 Å². The zero-order valence-electron chi connectivity index (χ0n) is 25.2. The zero-order chi connectivity index (χ0) is 32.1. The van der Waals surface area contributed by atoms with E-state index in [9.17, 15) is 24.9 Å². The van der Waals surface area contributed by atoms with Gasteiger partial charge in [0.2, 0.25) is 0 Å².